The molecule has 0 spiro atoms. The van der Waals surface area contributed by atoms with Gasteiger partial charge in [0.2, 0.25) is 0 Å². The number of methoxy groups -OCH3 is 1. The molecule has 0 aliphatic heterocycles. The van der Waals surface area contributed by atoms with Crippen LogP contribution in [-0.4, -0.2) is 32.8 Å². The van der Waals surface area contributed by atoms with Crippen molar-refractivity contribution in [3.63, 3.8) is 0 Å². The Morgan fingerprint density at radius 2 is 2.06 bits per heavy atom. The van der Waals surface area contributed by atoms with Gasteiger partial charge in [-0.15, -0.1) is 0 Å². The van der Waals surface area contributed by atoms with Crippen LogP contribution in [0.15, 0.2) is 24.3 Å². The van der Waals surface area contributed by atoms with Crippen LogP contribution in [0.3, 0.4) is 0 Å². The Bertz CT molecular complexity index is 366. The first-order valence-corrected chi connectivity index (χ1v) is 6.30. The molecule has 1 N–H and O–H groups in total. The van der Waals surface area contributed by atoms with Crippen LogP contribution in [0, 0.1) is 0 Å². The number of nitrogens with one attached hydrogen (secondary N) is 1. The van der Waals surface area contributed by atoms with E-state index in [1.165, 1.54) is 0 Å². The summed E-state index contributed by atoms with van der Waals surface area (Å²) in [5.74, 6) is 0.217. The van der Waals surface area contributed by atoms with E-state index in [0.717, 1.165) is 25.9 Å². The van der Waals surface area contributed by atoms with Crippen molar-refractivity contribution in [2.45, 2.75) is 19.8 Å². The minimum atomic E-state index is -0.331. The summed E-state index contributed by atoms with van der Waals surface area (Å²) in [4.78, 5) is 11.8. The van der Waals surface area contributed by atoms with Crippen LogP contribution in [0.25, 0.3) is 0 Å². The van der Waals surface area contributed by atoms with E-state index in [9.17, 15) is 4.79 Å². The average molecular weight is 251 g/mol. The normalized spacial score (nSPS) is 10.1. The van der Waals surface area contributed by atoms with Gasteiger partial charge in [0.1, 0.15) is 11.3 Å². The molecule has 0 aliphatic carbocycles. The van der Waals surface area contributed by atoms with E-state index in [0.29, 0.717) is 17.9 Å². The minimum absolute atomic E-state index is 0.331. The van der Waals surface area contributed by atoms with Crippen LogP contribution < -0.4 is 10.1 Å². The van der Waals surface area contributed by atoms with Crippen LogP contribution >= 0.6 is 0 Å². The molecule has 0 saturated heterocycles. The fraction of sp³-hybridized carbons (Fsp3) is 0.500. The summed E-state index contributed by atoms with van der Waals surface area (Å²) in [6.07, 6.45) is 1.93. The van der Waals surface area contributed by atoms with Crippen LogP contribution in [0.1, 0.15) is 30.1 Å². The average Bonchev–Trinajstić information content (AvgIpc) is 2.42. The number of carbonyl (C=O) groups is 1. The SMILES string of the molecule is CCCNCCCOC(=O)c1ccccc1OC. The highest BCUT2D eigenvalue weighted by molar-refractivity contribution is 5.92. The van der Waals surface area contributed by atoms with Gasteiger partial charge >= 0.3 is 5.97 Å². The molecule has 0 saturated carbocycles. The topological polar surface area (TPSA) is 47.6 Å². The van der Waals surface area contributed by atoms with E-state index in [4.69, 9.17) is 9.47 Å². The van der Waals surface area contributed by atoms with E-state index in [1.807, 2.05) is 6.07 Å². The zero-order valence-corrected chi connectivity index (χ0v) is 11.1. The summed E-state index contributed by atoms with van der Waals surface area (Å²) in [6.45, 7) is 4.41. The quantitative estimate of drug-likeness (QED) is 0.568. The molecule has 0 heterocycles. The second kappa shape index (κ2) is 8.53. The van der Waals surface area contributed by atoms with Gasteiger partial charge in [0.15, 0.2) is 0 Å². The Kier molecular flexibility index (Phi) is 6.87. The predicted molar refractivity (Wildman–Crippen MR) is 71.1 cm³/mol. The van der Waals surface area contributed by atoms with Crippen molar-refractivity contribution >= 4 is 5.97 Å². The molecule has 0 bridgehead atoms. The first kappa shape index (κ1) is 14.5. The Balaban J connectivity index is 2.32. The summed E-state index contributed by atoms with van der Waals surface area (Å²) in [5, 5.41) is 3.26. The summed E-state index contributed by atoms with van der Waals surface area (Å²) in [7, 11) is 1.54. The Hall–Kier alpha value is -1.55. The number of carbonyl (C=O) groups excluding carboxylic acids is 1. The summed E-state index contributed by atoms with van der Waals surface area (Å²) < 4.78 is 10.3. The van der Waals surface area contributed by atoms with Crippen molar-refractivity contribution in [2.75, 3.05) is 26.8 Å². The lowest BCUT2D eigenvalue weighted by Crippen LogP contribution is -2.18. The van der Waals surface area contributed by atoms with Gasteiger partial charge in [0.25, 0.3) is 0 Å². The van der Waals surface area contributed by atoms with Gasteiger partial charge in [-0.25, -0.2) is 4.79 Å². The van der Waals surface area contributed by atoms with Gasteiger partial charge in [-0.1, -0.05) is 19.1 Å². The standard InChI is InChI=1S/C14H21NO3/c1-3-9-15-10-6-11-18-14(16)12-7-4-5-8-13(12)17-2/h4-5,7-8,15H,3,6,9-11H2,1-2H3. The molecule has 0 radical (unpaired) electrons. The molecule has 0 aromatic heterocycles. The van der Waals surface area contributed by atoms with Gasteiger partial charge in [-0.05, 0) is 38.1 Å². The molecule has 1 rings (SSSR count). The lowest BCUT2D eigenvalue weighted by Gasteiger charge is -2.08. The smallest absolute Gasteiger partial charge is 0.341 e. The molecule has 0 unspecified atom stereocenters. The number of rotatable bonds is 8. The van der Waals surface area contributed by atoms with Crippen LogP contribution in [0.5, 0.6) is 5.75 Å². The van der Waals surface area contributed by atoms with E-state index >= 15 is 0 Å². The van der Waals surface area contributed by atoms with Crippen molar-refractivity contribution in [1.82, 2.24) is 5.32 Å². The van der Waals surface area contributed by atoms with E-state index in [2.05, 4.69) is 12.2 Å². The van der Waals surface area contributed by atoms with Gasteiger partial charge in [0, 0.05) is 0 Å². The van der Waals surface area contributed by atoms with Crippen molar-refractivity contribution in [3.05, 3.63) is 29.8 Å². The zero-order valence-electron chi connectivity index (χ0n) is 11.1. The van der Waals surface area contributed by atoms with Crippen molar-refractivity contribution in [1.29, 1.82) is 0 Å². The highest BCUT2D eigenvalue weighted by Crippen LogP contribution is 2.18. The first-order valence-electron chi connectivity index (χ1n) is 6.30. The monoisotopic (exact) mass is 251 g/mol. The molecular weight excluding hydrogens is 230 g/mol. The van der Waals surface area contributed by atoms with Crippen LogP contribution in [0.4, 0.5) is 0 Å². The number of ether oxygens (including phenoxy) is 2. The van der Waals surface area contributed by atoms with Crippen molar-refractivity contribution in [2.24, 2.45) is 0 Å². The Labute approximate surface area is 108 Å². The predicted octanol–water partition coefficient (Wildman–Crippen LogP) is 2.24. The molecule has 1 aromatic rings. The largest absolute Gasteiger partial charge is 0.496 e. The molecule has 18 heavy (non-hydrogen) atoms. The molecule has 0 atom stereocenters. The van der Waals surface area contributed by atoms with E-state index < -0.39 is 0 Å². The highest BCUT2D eigenvalue weighted by Gasteiger charge is 2.12. The third-order valence-corrected chi connectivity index (χ3v) is 2.48. The lowest BCUT2D eigenvalue weighted by atomic mass is 10.2. The molecule has 0 fully saturated rings. The Morgan fingerprint density at radius 3 is 2.78 bits per heavy atom. The van der Waals surface area contributed by atoms with Crippen LogP contribution in [-0.2, 0) is 4.74 Å². The van der Waals surface area contributed by atoms with Crippen LogP contribution in [0.2, 0.25) is 0 Å². The Morgan fingerprint density at radius 1 is 1.28 bits per heavy atom. The van der Waals surface area contributed by atoms with Gasteiger partial charge in [-0.2, -0.15) is 0 Å². The van der Waals surface area contributed by atoms with E-state index in [1.54, 1.807) is 25.3 Å². The number of hydrogen-bond acceptors (Lipinski definition) is 4. The molecule has 4 heteroatoms. The first-order chi connectivity index (χ1) is 8.79. The molecule has 4 nitrogen and oxygen atoms in total. The second-order valence-corrected chi connectivity index (χ2v) is 3.94. The maximum absolute atomic E-state index is 11.8. The third kappa shape index (κ3) is 4.75. The lowest BCUT2D eigenvalue weighted by molar-refractivity contribution is 0.0497. The second-order valence-electron chi connectivity index (χ2n) is 3.94. The van der Waals surface area contributed by atoms with Crippen molar-refractivity contribution in [3.8, 4) is 5.75 Å². The summed E-state index contributed by atoms with van der Waals surface area (Å²) >= 11 is 0. The van der Waals surface area contributed by atoms with E-state index in [-0.39, 0.29) is 5.97 Å². The number of esters is 1. The number of benzene rings is 1. The molecular formula is C14H21NO3. The highest BCUT2D eigenvalue weighted by atomic mass is 16.5. The van der Waals surface area contributed by atoms with Crippen molar-refractivity contribution < 1.29 is 14.3 Å². The molecule has 100 valence electrons. The van der Waals surface area contributed by atoms with Gasteiger partial charge in [0.05, 0.1) is 13.7 Å². The van der Waals surface area contributed by atoms with Gasteiger partial charge < -0.3 is 14.8 Å². The third-order valence-electron chi connectivity index (χ3n) is 2.48. The molecule has 0 amide bonds. The maximum Gasteiger partial charge on any atom is 0.341 e. The zero-order chi connectivity index (χ0) is 13.2. The van der Waals surface area contributed by atoms with Gasteiger partial charge in [-0.3, -0.25) is 0 Å². The summed E-state index contributed by atoms with van der Waals surface area (Å²) in [5.41, 5.74) is 0.474. The summed E-state index contributed by atoms with van der Waals surface area (Å²) in [6, 6.07) is 7.07. The number of hydrogen-bond donors (Lipinski definition) is 1. The maximum atomic E-state index is 11.8. The fourth-order valence-corrected chi connectivity index (χ4v) is 1.55. The molecule has 0 aliphatic rings. The fourth-order valence-electron chi connectivity index (χ4n) is 1.55. The molecule has 1 aromatic carbocycles. The minimum Gasteiger partial charge on any atom is -0.496 e. The number of para-hydroxylation sites is 1.